The van der Waals surface area contributed by atoms with Gasteiger partial charge in [-0.15, -0.1) is 11.3 Å². The number of ether oxygens (including phenoxy) is 2. The third-order valence-electron chi connectivity index (χ3n) is 5.25. The monoisotopic (exact) mass is 480 g/mol. The molecule has 0 amide bonds. The minimum absolute atomic E-state index is 0.219. The van der Waals surface area contributed by atoms with Gasteiger partial charge in [0, 0.05) is 22.7 Å². The topological polar surface area (TPSA) is 47.1 Å². The number of fused-ring (bicyclic) bond motifs is 1. The van der Waals surface area contributed by atoms with Crippen molar-refractivity contribution >= 4 is 22.2 Å². The zero-order valence-electron chi connectivity index (χ0n) is 17.8. The van der Waals surface area contributed by atoms with Crippen LogP contribution in [0.25, 0.3) is 21.5 Å². The summed E-state index contributed by atoms with van der Waals surface area (Å²) < 4.78 is 50.7. The number of aromatic nitrogens is 2. The van der Waals surface area contributed by atoms with Crippen molar-refractivity contribution in [1.29, 1.82) is 0 Å². The molecule has 2 heterocycles. The van der Waals surface area contributed by atoms with E-state index in [-0.39, 0.29) is 13.2 Å². The first-order valence-corrected chi connectivity index (χ1v) is 11.3. The van der Waals surface area contributed by atoms with Crippen LogP contribution >= 0.6 is 11.3 Å². The second-order valence-corrected chi connectivity index (χ2v) is 8.66. The molecule has 5 rings (SSSR count). The molecule has 0 bridgehead atoms. The second kappa shape index (κ2) is 9.23. The van der Waals surface area contributed by atoms with Crippen molar-refractivity contribution in [2.75, 3.05) is 0 Å². The summed E-state index contributed by atoms with van der Waals surface area (Å²) in [6.45, 7) is 0.485. The standard InChI is InChI=1S/C26H19F3N2O2S/c27-26(28,29)19-8-6-17(7-9-19)25-31-23(15-32-20-4-2-1-3-5-20)24(34-25)16-33-21-10-11-22-18(14-21)12-13-30-22/h1-14,30H,15-16H2. The van der Waals surface area contributed by atoms with Gasteiger partial charge in [0.1, 0.15) is 29.7 Å². The first-order chi connectivity index (χ1) is 16.5. The summed E-state index contributed by atoms with van der Waals surface area (Å²) in [5.41, 5.74) is 1.63. The van der Waals surface area contributed by atoms with Gasteiger partial charge in [0.2, 0.25) is 0 Å². The van der Waals surface area contributed by atoms with Crippen molar-refractivity contribution in [2.24, 2.45) is 0 Å². The lowest BCUT2D eigenvalue weighted by atomic mass is 10.1. The fraction of sp³-hybridized carbons (Fsp3) is 0.115. The van der Waals surface area contributed by atoms with E-state index < -0.39 is 11.7 Å². The summed E-state index contributed by atoms with van der Waals surface area (Å²) in [7, 11) is 0. The molecule has 0 atom stereocenters. The number of aromatic amines is 1. The van der Waals surface area contributed by atoms with E-state index in [1.165, 1.54) is 23.5 Å². The Morgan fingerprint density at radius 3 is 2.35 bits per heavy atom. The van der Waals surface area contributed by atoms with Gasteiger partial charge in [0.15, 0.2) is 0 Å². The molecule has 4 nitrogen and oxygen atoms in total. The van der Waals surface area contributed by atoms with Crippen LogP contribution in [0.4, 0.5) is 13.2 Å². The Morgan fingerprint density at radius 1 is 0.824 bits per heavy atom. The van der Waals surface area contributed by atoms with E-state index in [2.05, 4.69) is 9.97 Å². The molecule has 2 aromatic heterocycles. The predicted molar refractivity (Wildman–Crippen MR) is 126 cm³/mol. The number of thiazole rings is 1. The molecule has 0 spiro atoms. The highest BCUT2D eigenvalue weighted by molar-refractivity contribution is 7.15. The fourth-order valence-corrected chi connectivity index (χ4v) is 4.46. The summed E-state index contributed by atoms with van der Waals surface area (Å²) in [5.74, 6) is 1.42. The number of halogens is 3. The van der Waals surface area contributed by atoms with Gasteiger partial charge < -0.3 is 14.5 Å². The Hall–Kier alpha value is -3.78. The third kappa shape index (κ3) is 4.92. The average Bonchev–Trinajstić information content (AvgIpc) is 3.48. The molecule has 0 unspecified atom stereocenters. The van der Waals surface area contributed by atoms with E-state index in [9.17, 15) is 13.2 Å². The van der Waals surface area contributed by atoms with Gasteiger partial charge in [-0.2, -0.15) is 13.2 Å². The van der Waals surface area contributed by atoms with Crippen molar-refractivity contribution in [3.05, 3.63) is 101 Å². The number of benzene rings is 3. The van der Waals surface area contributed by atoms with Gasteiger partial charge in [-0.25, -0.2) is 4.98 Å². The molecule has 1 N–H and O–H groups in total. The van der Waals surface area contributed by atoms with Crippen molar-refractivity contribution in [3.63, 3.8) is 0 Å². The van der Waals surface area contributed by atoms with E-state index in [4.69, 9.17) is 9.47 Å². The molecule has 0 radical (unpaired) electrons. The molecule has 0 fully saturated rings. The number of rotatable bonds is 7. The number of alkyl halides is 3. The number of hydrogen-bond donors (Lipinski definition) is 1. The SMILES string of the molecule is FC(F)(F)c1ccc(-c2nc(COc3ccccc3)c(COc3ccc4[nH]ccc4c3)s2)cc1. The minimum Gasteiger partial charge on any atom is -0.488 e. The van der Waals surface area contributed by atoms with E-state index >= 15 is 0 Å². The third-order valence-corrected chi connectivity index (χ3v) is 6.37. The Balaban J connectivity index is 1.39. The second-order valence-electron chi connectivity index (χ2n) is 7.58. The maximum atomic E-state index is 12.9. The minimum atomic E-state index is -4.38. The zero-order chi connectivity index (χ0) is 23.5. The van der Waals surface area contributed by atoms with Crippen LogP contribution in [-0.2, 0) is 19.4 Å². The van der Waals surface area contributed by atoms with Gasteiger partial charge in [-0.3, -0.25) is 0 Å². The fourth-order valence-electron chi connectivity index (χ4n) is 3.47. The Morgan fingerprint density at radius 2 is 1.59 bits per heavy atom. The lowest BCUT2D eigenvalue weighted by molar-refractivity contribution is -0.137. The average molecular weight is 481 g/mol. The molecule has 3 aromatic carbocycles. The first kappa shape index (κ1) is 22.0. The van der Waals surface area contributed by atoms with Crippen molar-refractivity contribution < 1.29 is 22.6 Å². The molecule has 5 aromatic rings. The molecule has 172 valence electrons. The molecule has 34 heavy (non-hydrogen) atoms. The van der Waals surface area contributed by atoms with Crippen LogP contribution in [0.2, 0.25) is 0 Å². The molecule has 0 saturated heterocycles. The largest absolute Gasteiger partial charge is 0.488 e. The lowest BCUT2D eigenvalue weighted by Gasteiger charge is -2.08. The molecule has 0 aliphatic heterocycles. The zero-order valence-corrected chi connectivity index (χ0v) is 18.6. The molecule has 8 heteroatoms. The number of H-pyrrole nitrogens is 1. The van der Waals surface area contributed by atoms with E-state index in [0.29, 0.717) is 27.8 Å². The van der Waals surface area contributed by atoms with Crippen LogP contribution in [-0.4, -0.2) is 9.97 Å². The Bertz CT molecular complexity index is 1390. The van der Waals surface area contributed by atoms with Gasteiger partial charge in [0.25, 0.3) is 0 Å². The lowest BCUT2D eigenvalue weighted by Crippen LogP contribution is -2.04. The Kier molecular flexibility index (Phi) is 5.98. The number of nitrogens with one attached hydrogen (secondary N) is 1. The summed E-state index contributed by atoms with van der Waals surface area (Å²) in [6, 6.07) is 22.1. The predicted octanol–water partition coefficient (Wildman–Crippen LogP) is 7.47. The molecule has 0 aliphatic rings. The van der Waals surface area contributed by atoms with Crippen molar-refractivity contribution in [2.45, 2.75) is 19.4 Å². The van der Waals surface area contributed by atoms with Gasteiger partial charge in [-0.1, -0.05) is 30.3 Å². The maximum Gasteiger partial charge on any atom is 0.416 e. The first-order valence-electron chi connectivity index (χ1n) is 10.5. The molecule has 0 aliphatic carbocycles. The highest BCUT2D eigenvalue weighted by Gasteiger charge is 2.30. The van der Waals surface area contributed by atoms with Crippen LogP contribution in [0.15, 0.2) is 85.1 Å². The van der Waals surface area contributed by atoms with Crippen molar-refractivity contribution in [3.8, 4) is 22.1 Å². The van der Waals surface area contributed by atoms with Gasteiger partial charge in [-0.05, 0) is 48.5 Å². The highest BCUT2D eigenvalue weighted by Crippen LogP contribution is 2.34. The quantitative estimate of drug-likeness (QED) is 0.263. The van der Waals surface area contributed by atoms with Crippen LogP contribution < -0.4 is 9.47 Å². The molecule has 0 saturated carbocycles. The van der Waals surface area contributed by atoms with Crippen LogP contribution in [0, 0.1) is 0 Å². The van der Waals surface area contributed by atoms with Crippen molar-refractivity contribution in [1.82, 2.24) is 9.97 Å². The summed E-state index contributed by atoms with van der Waals surface area (Å²) in [4.78, 5) is 8.66. The van der Waals surface area contributed by atoms with Gasteiger partial charge >= 0.3 is 6.18 Å². The van der Waals surface area contributed by atoms with E-state index in [0.717, 1.165) is 27.9 Å². The van der Waals surface area contributed by atoms with Crippen LogP contribution in [0.5, 0.6) is 11.5 Å². The van der Waals surface area contributed by atoms with Crippen LogP contribution in [0.1, 0.15) is 16.1 Å². The highest BCUT2D eigenvalue weighted by atomic mass is 32.1. The van der Waals surface area contributed by atoms with E-state index in [1.54, 1.807) is 0 Å². The summed E-state index contributed by atoms with van der Waals surface area (Å²) in [5, 5.41) is 1.65. The number of hydrogen-bond acceptors (Lipinski definition) is 4. The normalized spacial score (nSPS) is 11.6. The van der Waals surface area contributed by atoms with Crippen LogP contribution in [0.3, 0.4) is 0 Å². The summed E-state index contributed by atoms with van der Waals surface area (Å²) >= 11 is 1.38. The number of nitrogens with zero attached hydrogens (tertiary/aromatic N) is 1. The van der Waals surface area contributed by atoms with E-state index in [1.807, 2.05) is 60.8 Å². The maximum absolute atomic E-state index is 12.9. The molecular formula is C26H19F3N2O2S. The number of para-hydroxylation sites is 1. The smallest absolute Gasteiger partial charge is 0.416 e. The van der Waals surface area contributed by atoms with Gasteiger partial charge in [0.05, 0.1) is 16.1 Å². The Labute approximate surface area is 197 Å². The molecular weight excluding hydrogens is 461 g/mol. The summed E-state index contributed by atoms with van der Waals surface area (Å²) in [6.07, 6.45) is -2.51.